The number of hydrogen-bond acceptors (Lipinski definition) is 6. The first-order valence-electron chi connectivity index (χ1n) is 11.6. The Balaban J connectivity index is 1.88. The third-order valence-electron chi connectivity index (χ3n) is 5.97. The molecule has 0 radical (unpaired) electrons. The fourth-order valence-corrected chi connectivity index (χ4v) is 5.57. The maximum absolute atomic E-state index is 13.9. The van der Waals surface area contributed by atoms with Gasteiger partial charge in [-0.3, -0.25) is 0 Å². The molecule has 204 valence electrons. The molecule has 39 heavy (non-hydrogen) atoms. The number of rotatable bonds is 8. The van der Waals surface area contributed by atoms with Crippen molar-refractivity contribution in [3.63, 3.8) is 0 Å². The molecule has 3 aromatic carbocycles. The van der Waals surface area contributed by atoms with Gasteiger partial charge < -0.3 is 14.9 Å². The number of aliphatic hydroxyl groups excluding tert-OH is 1. The summed E-state index contributed by atoms with van der Waals surface area (Å²) in [4.78, 5) is 15.6. The molecular weight excluding hydrogens is 537 g/mol. The van der Waals surface area contributed by atoms with Gasteiger partial charge in [-0.25, -0.2) is 22.5 Å². The van der Waals surface area contributed by atoms with E-state index >= 15 is 0 Å². The molecule has 1 atom stereocenters. The number of aryl methyl sites for hydroxylation is 1. The number of ether oxygens (including phenoxy) is 1. The molecule has 0 spiro atoms. The second-order valence-electron chi connectivity index (χ2n) is 8.70. The fourth-order valence-electron chi connectivity index (χ4n) is 4.11. The van der Waals surface area contributed by atoms with Gasteiger partial charge in [0.25, 0.3) is 10.0 Å². The molecule has 12 heteroatoms. The highest BCUT2D eigenvalue weighted by atomic mass is 32.2. The number of aromatic nitrogens is 1. The molecule has 0 saturated carbocycles. The second-order valence-corrected chi connectivity index (χ2v) is 10.6. The molecule has 0 aliphatic rings. The van der Waals surface area contributed by atoms with E-state index in [1.165, 1.54) is 19.1 Å². The molecular formula is C27H23F3N2O6S. The molecule has 2 N–H and O–H groups in total. The summed E-state index contributed by atoms with van der Waals surface area (Å²) in [6.07, 6.45) is -5.94. The zero-order chi connectivity index (χ0) is 28.5. The Morgan fingerprint density at radius 1 is 1.00 bits per heavy atom. The van der Waals surface area contributed by atoms with E-state index in [9.17, 15) is 36.6 Å². The monoisotopic (exact) mass is 560 g/mol. The van der Waals surface area contributed by atoms with Crippen molar-refractivity contribution in [1.82, 2.24) is 4.98 Å². The van der Waals surface area contributed by atoms with Crippen LogP contribution < -0.4 is 9.04 Å². The van der Waals surface area contributed by atoms with Crippen LogP contribution in [0.25, 0.3) is 10.8 Å². The number of fused-ring (bicyclic) bond motifs is 1. The maximum atomic E-state index is 13.9. The van der Waals surface area contributed by atoms with Gasteiger partial charge in [0.15, 0.2) is 0 Å². The van der Waals surface area contributed by atoms with Crippen molar-refractivity contribution >= 4 is 32.6 Å². The van der Waals surface area contributed by atoms with Gasteiger partial charge in [0.2, 0.25) is 0 Å². The van der Waals surface area contributed by atoms with Gasteiger partial charge in [0.1, 0.15) is 11.6 Å². The molecule has 0 saturated heterocycles. The van der Waals surface area contributed by atoms with Gasteiger partial charge in [-0.15, -0.1) is 13.2 Å². The number of hydrogen-bond donors (Lipinski definition) is 2. The summed E-state index contributed by atoms with van der Waals surface area (Å²) in [6, 6.07) is 16.4. The van der Waals surface area contributed by atoms with Gasteiger partial charge in [0.05, 0.1) is 28.8 Å². The SMILES string of the molecule is Cc1c(N(Cc2ccc(OC(F)(F)F)cc2)S(=O)(=O)c2ccc(C(=O)O)cc2)nc(C(C)O)c2ccccc12. The molecule has 0 aliphatic heterocycles. The number of sulfonamides is 1. The maximum Gasteiger partial charge on any atom is 0.573 e. The number of alkyl halides is 3. The number of anilines is 1. The minimum absolute atomic E-state index is 0.00234. The first-order chi connectivity index (χ1) is 18.3. The average molecular weight is 561 g/mol. The van der Waals surface area contributed by atoms with Crippen molar-refractivity contribution < 1.29 is 41.3 Å². The quantitative estimate of drug-likeness (QED) is 0.289. The summed E-state index contributed by atoms with van der Waals surface area (Å²) >= 11 is 0. The number of carboxylic acids is 1. The summed E-state index contributed by atoms with van der Waals surface area (Å²) in [5.74, 6) is -1.70. The summed E-state index contributed by atoms with van der Waals surface area (Å²) in [6.45, 7) is 2.84. The van der Waals surface area contributed by atoms with Crippen LogP contribution in [0.15, 0.2) is 77.7 Å². The van der Waals surface area contributed by atoms with Crippen molar-refractivity contribution in [2.75, 3.05) is 4.31 Å². The zero-order valence-corrected chi connectivity index (χ0v) is 21.5. The van der Waals surface area contributed by atoms with E-state index in [1.807, 2.05) is 0 Å². The van der Waals surface area contributed by atoms with Crippen LogP contribution >= 0.6 is 0 Å². The zero-order valence-electron chi connectivity index (χ0n) is 20.7. The minimum Gasteiger partial charge on any atom is -0.478 e. The number of pyridine rings is 1. The first kappa shape index (κ1) is 27.9. The number of halogens is 3. The molecule has 0 bridgehead atoms. The standard InChI is InChI=1S/C27H23F3N2O6S/c1-16-22-5-3-4-6-23(22)24(17(2)33)31-25(16)32(15-18-7-11-20(12-8-18)38-27(28,29)30)39(36,37)21-13-9-19(10-14-21)26(34)35/h3-14,17,33H,15H2,1-2H3,(H,34,35). The number of benzene rings is 3. The highest BCUT2D eigenvalue weighted by Gasteiger charge is 2.32. The summed E-state index contributed by atoms with van der Waals surface area (Å²) in [5.41, 5.74) is 0.930. The Labute approximate surface area is 222 Å². The van der Waals surface area contributed by atoms with Gasteiger partial charge in [-0.2, -0.15) is 0 Å². The van der Waals surface area contributed by atoms with Crippen LogP contribution in [0.1, 0.15) is 40.2 Å². The molecule has 4 aromatic rings. The number of aromatic carboxylic acids is 1. The third kappa shape index (κ3) is 5.96. The lowest BCUT2D eigenvalue weighted by Crippen LogP contribution is -2.32. The summed E-state index contributed by atoms with van der Waals surface area (Å²) < 4.78 is 70.6. The van der Waals surface area contributed by atoms with E-state index in [0.29, 0.717) is 21.9 Å². The predicted octanol–water partition coefficient (Wildman–Crippen LogP) is 5.59. The number of carboxylic acid groups (broad SMARTS) is 1. The minimum atomic E-state index is -4.89. The predicted molar refractivity (Wildman–Crippen MR) is 137 cm³/mol. The van der Waals surface area contributed by atoms with Gasteiger partial charge in [0, 0.05) is 10.9 Å². The van der Waals surface area contributed by atoms with Crippen LogP contribution in [0, 0.1) is 6.92 Å². The topological polar surface area (TPSA) is 117 Å². The Bertz CT molecular complexity index is 1620. The second kappa shape index (κ2) is 10.5. The molecule has 0 amide bonds. The van der Waals surface area contributed by atoms with Crippen LogP contribution in [0.4, 0.5) is 19.0 Å². The van der Waals surface area contributed by atoms with E-state index in [-0.39, 0.29) is 28.5 Å². The van der Waals surface area contributed by atoms with E-state index < -0.39 is 34.2 Å². The molecule has 8 nitrogen and oxygen atoms in total. The van der Waals surface area contributed by atoms with E-state index in [1.54, 1.807) is 31.2 Å². The molecule has 1 aromatic heterocycles. The molecule has 0 fully saturated rings. The molecule has 0 aliphatic carbocycles. The first-order valence-corrected chi connectivity index (χ1v) is 13.0. The van der Waals surface area contributed by atoms with Crippen molar-refractivity contribution in [2.24, 2.45) is 0 Å². The Morgan fingerprint density at radius 2 is 1.59 bits per heavy atom. The highest BCUT2D eigenvalue weighted by Crippen LogP contribution is 2.35. The van der Waals surface area contributed by atoms with E-state index in [2.05, 4.69) is 9.72 Å². The summed E-state index contributed by atoms with van der Waals surface area (Å²) in [7, 11) is -4.38. The van der Waals surface area contributed by atoms with Crippen LogP contribution in [0.5, 0.6) is 5.75 Å². The highest BCUT2D eigenvalue weighted by molar-refractivity contribution is 7.92. The van der Waals surface area contributed by atoms with E-state index in [4.69, 9.17) is 0 Å². The van der Waals surface area contributed by atoms with Crippen LogP contribution in [0.2, 0.25) is 0 Å². The Kier molecular flexibility index (Phi) is 7.53. The lowest BCUT2D eigenvalue weighted by molar-refractivity contribution is -0.274. The Hall–Kier alpha value is -4.16. The van der Waals surface area contributed by atoms with Crippen LogP contribution in [-0.2, 0) is 16.6 Å². The van der Waals surface area contributed by atoms with Crippen molar-refractivity contribution in [1.29, 1.82) is 0 Å². The number of aliphatic hydroxyl groups is 1. The third-order valence-corrected chi connectivity index (χ3v) is 7.72. The average Bonchev–Trinajstić information content (AvgIpc) is 2.88. The smallest absolute Gasteiger partial charge is 0.478 e. The molecule has 4 rings (SSSR count). The lowest BCUT2D eigenvalue weighted by Gasteiger charge is -2.27. The van der Waals surface area contributed by atoms with Crippen molar-refractivity contribution in [3.05, 3.63) is 95.2 Å². The molecule has 1 heterocycles. The van der Waals surface area contributed by atoms with Gasteiger partial charge in [-0.05, 0) is 61.2 Å². The van der Waals surface area contributed by atoms with Crippen molar-refractivity contribution in [3.8, 4) is 5.75 Å². The molecule has 1 unspecified atom stereocenters. The largest absolute Gasteiger partial charge is 0.573 e. The van der Waals surface area contributed by atoms with Gasteiger partial charge >= 0.3 is 12.3 Å². The normalized spacial score (nSPS) is 12.8. The van der Waals surface area contributed by atoms with Crippen LogP contribution in [-0.4, -0.2) is 35.9 Å². The van der Waals surface area contributed by atoms with E-state index in [0.717, 1.165) is 40.7 Å². The Morgan fingerprint density at radius 3 is 2.13 bits per heavy atom. The van der Waals surface area contributed by atoms with Crippen LogP contribution in [0.3, 0.4) is 0 Å². The fraction of sp³-hybridized carbons (Fsp3) is 0.185. The van der Waals surface area contributed by atoms with Gasteiger partial charge in [-0.1, -0.05) is 36.4 Å². The number of nitrogens with zero attached hydrogens (tertiary/aromatic N) is 2. The number of carbonyl (C=O) groups is 1. The summed E-state index contributed by atoms with van der Waals surface area (Å²) in [5, 5.41) is 20.9. The van der Waals surface area contributed by atoms with Crippen molar-refractivity contribution in [2.45, 2.75) is 37.8 Å². The lowest BCUT2D eigenvalue weighted by atomic mass is 10.0.